The fourth-order valence-electron chi connectivity index (χ4n) is 5.53. The van der Waals surface area contributed by atoms with Crippen LogP contribution in [-0.2, 0) is 23.7 Å². The monoisotopic (exact) mass is 588 g/mol. The molecule has 39 heavy (non-hydrogen) atoms. The van der Waals surface area contributed by atoms with Gasteiger partial charge in [-0.1, -0.05) is 57.0 Å². The van der Waals surface area contributed by atoms with E-state index in [1.54, 1.807) is 24.3 Å². The summed E-state index contributed by atoms with van der Waals surface area (Å²) in [6.07, 6.45) is 7.56. The van der Waals surface area contributed by atoms with Crippen LogP contribution in [-0.4, -0.2) is 73.7 Å². The lowest BCUT2D eigenvalue weighted by Crippen LogP contribution is -2.48. The number of unbranched alkanes of at least 4 members (excludes halogenated alkanes) is 4. The molecule has 222 valence electrons. The predicted octanol–water partition coefficient (Wildman–Crippen LogP) is 6.79. The van der Waals surface area contributed by atoms with Crippen LogP contribution < -0.4 is 5.32 Å². The van der Waals surface area contributed by atoms with Crippen LogP contribution in [0.2, 0.25) is 5.02 Å². The molecule has 1 unspecified atom stereocenters. The molecule has 10 heteroatoms. The molecule has 3 aliphatic rings. The molecule has 5 atom stereocenters. The first-order chi connectivity index (χ1) is 18.3. The van der Waals surface area contributed by atoms with Crippen LogP contribution in [0.3, 0.4) is 0 Å². The van der Waals surface area contributed by atoms with Crippen molar-refractivity contribution in [1.29, 1.82) is 0 Å². The van der Waals surface area contributed by atoms with Crippen LogP contribution in [0.5, 0.6) is 0 Å². The summed E-state index contributed by atoms with van der Waals surface area (Å²) in [4.78, 5) is 15.4. The van der Waals surface area contributed by atoms with Gasteiger partial charge in [-0.15, -0.1) is 12.4 Å². The Morgan fingerprint density at radius 2 is 1.72 bits per heavy atom. The number of likely N-dealkylation sites (tertiary alicyclic amines) is 1. The number of anilines is 1. The SMILES string of the molecule is CCCCCCCO[C@H]1O[C@H](C(CN2CCCCCC2)OC(=O)Nc2ccc(Cl)cc2)[C@@H]2OC(C)(C)O[C@H]12.Cl. The highest BCUT2D eigenvalue weighted by Gasteiger charge is 2.58. The van der Waals surface area contributed by atoms with Gasteiger partial charge in [0, 0.05) is 23.9 Å². The molecule has 1 aromatic carbocycles. The molecule has 3 aliphatic heterocycles. The highest BCUT2D eigenvalue weighted by Crippen LogP contribution is 2.41. The minimum Gasteiger partial charge on any atom is -0.442 e. The quantitative estimate of drug-likeness (QED) is 0.269. The third-order valence-electron chi connectivity index (χ3n) is 7.43. The molecule has 3 fully saturated rings. The molecule has 8 nitrogen and oxygen atoms in total. The summed E-state index contributed by atoms with van der Waals surface area (Å²) in [6.45, 7) is 9.13. The molecule has 1 amide bonds. The van der Waals surface area contributed by atoms with Gasteiger partial charge in [0.05, 0.1) is 0 Å². The molecule has 0 aliphatic carbocycles. The number of rotatable bonds is 12. The second-order valence-corrected chi connectivity index (χ2v) is 11.5. The van der Waals surface area contributed by atoms with Crippen molar-refractivity contribution < 1.29 is 28.5 Å². The summed E-state index contributed by atoms with van der Waals surface area (Å²) in [7, 11) is 0. The number of amides is 1. The number of halogens is 2. The topological polar surface area (TPSA) is 78.5 Å². The maximum absolute atomic E-state index is 13.0. The third-order valence-corrected chi connectivity index (χ3v) is 7.68. The van der Waals surface area contributed by atoms with Gasteiger partial charge in [0.1, 0.15) is 24.4 Å². The van der Waals surface area contributed by atoms with E-state index in [4.69, 9.17) is 35.3 Å². The molecule has 0 spiro atoms. The molecule has 0 aromatic heterocycles. The minimum absolute atomic E-state index is 0. The molecule has 3 saturated heterocycles. The van der Waals surface area contributed by atoms with Crippen LogP contribution in [0.4, 0.5) is 10.5 Å². The maximum Gasteiger partial charge on any atom is 0.412 e. The number of carbonyl (C=O) groups excluding carboxylic acids is 1. The van der Waals surface area contributed by atoms with Crippen LogP contribution >= 0.6 is 24.0 Å². The second kappa shape index (κ2) is 15.8. The van der Waals surface area contributed by atoms with Crippen molar-refractivity contribution >= 4 is 35.8 Å². The number of nitrogens with one attached hydrogen (secondary N) is 1. The van der Waals surface area contributed by atoms with Gasteiger partial charge in [0.2, 0.25) is 0 Å². The zero-order valence-corrected chi connectivity index (χ0v) is 25.1. The first kappa shape index (κ1) is 32.4. The Labute approximate surface area is 244 Å². The van der Waals surface area contributed by atoms with E-state index in [1.165, 1.54) is 32.1 Å². The minimum atomic E-state index is -0.765. The van der Waals surface area contributed by atoms with Gasteiger partial charge >= 0.3 is 6.09 Å². The van der Waals surface area contributed by atoms with Crippen LogP contribution in [0.1, 0.15) is 78.6 Å². The normalized spacial score (nSPS) is 27.3. The highest BCUT2D eigenvalue weighted by molar-refractivity contribution is 6.30. The van der Waals surface area contributed by atoms with Crippen molar-refractivity contribution in [2.45, 2.75) is 115 Å². The Morgan fingerprint density at radius 3 is 2.41 bits per heavy atom. The molecule has 1 aromatic rings. The fraction of sp³-hybridized carbons (Fsp3) is 0.759. The summed E-state index contributed by atoms with van der Waals surface area (Å²) >= 11 is 5.99. The summed E-state index contributed by atoms with van der Waals surface area (Å²) in [6, 6.07) is 6.95. The van der Waals surface area contributed by atoms with E-state index in [0.717, 1.165) is 38.8 Å². The maximum atomic E-state index is 13.0. The van der Waals surface area contributed by atoms with Gasteiger partial charge in [-0.25, -0.2) is 4.79 Å². The predicted molar refractivity (Wildman–Crippen MR) is 155 cm³/mol. The van der Waals surface area contributed by atoms with Crippen LogP contribution in [0.15, 0.2) is 24.3 Å². The van der Waals surface area contributed by atoms with Crippen molar-refractivity contribution in [2.75, 3.05) is 31.6 Å². The largest absolute Gasteiger partial charge is 0.442 e. The molecular weight excluding hydrogens is 543 g/mol. The summed E-state index contributed by atoms with van der Waals surface area (Å²) in [5.74, 6) is -0.765. The molecule has 1 N–H and O–H groups in total. The fourth-order valence-corrected chi connectivity index (χ4v) is 5.66. The van der Waals surface area contributed by atoms with Gasteiger partial charge < -0.3 is 23.7 Å². The zero-order valence-electron chi connectivity index (χ0n) is 23.6. The van der Waals surface area contributed by atoms with Crippen LogP contribution in [0, 0.1) is 0 Å². The molecular formula is C29H46Cl2N2O6. The average molecular weight is 590 g/mol. The van der Waals surface area contributed by atoms with Crippen molar-refractivity contribution in [3.63, 3.8) is 0 Å². The van der Waals surface area contributed by atoms with E-state index in [0.29, 0.717) is 23.9 Å². The van der Waals surface area contributed by atoms with E-state index in [9.17, 15) is 4.79 Å². The first-order valence-corrected chi connectivity index (χ1v) is 14.8. The number of ether oxygens (including phenoxy) is 5. The number of benzene rings is 1. The Bertz CT molecular complexity index is 866. The van der Waals surface area contributed by atoms with Crippen molar-refractivity contribution in [3.8, 4) is 0 Å². The Kier molecular flexibility index (Phi) is 13.1. The number of fused-ring (bicyclic) bond motifs is 1. The molecule has 4 rings (SSSR count). The molecule has 3 heterocycles. The van der Waals surface area contributed by atoms with Crippen molar-refractivity contribution in [2.24, 2.45) is 0 Å². The summed E-state index contributed by atoms with van der Waals surface area (Å²) in [5, 5.41) is 3.42. The Morgan fingerprint density at radius 1 is 1.05 bits per heavy atom. The third kappa shape index (κ3) is 9.73. The van der Waals surface area contributed by atoms with E-state index in [1.807, 2.05) is 13.8 Å². The lowest BCUT2D eigenvalue weighted by atomic mass is 10.0. The second-order valence-electron chi connectivity index (χ2n) is 11.1. The lowest BCUT2D eigenvalue weighted by molar-refractivity contribution is -0.243. The van der Waals surface area contributed by atoms with Crippen molar-refractivity contribution in [3.05, 3.63) is 29.3 Å². The van der Waals surface area contributed by atoms with Crippen LogP contribution in [0.25, 0.3) is 0 Å². The van der Waals surface area contributed by atoms with Gasteiger partial charge in [-0.3, -0.25) is 10.2 Å². The first-order valence-electron chi connectivity index (χ1n) is 14.4. The smallest absolute Gasteiger partial charge is 0.412 e. The van der Waals surface area contributed by atoms with Gasteiger partial charge in [-0.2, -0.15) is 0 Å². The number of hydrogen-bond donors (Lipinski definition) is 1. The Balaban J connectivity index is 0.00000420. The molecule has 0 radical (unpaired) electrons. The van der Waals surface area contributed by atoms with Gasteiger partial charge in [-0.05, 0) is 70.5 Å². The van der Waals surface area contributed by atoms with Gasteiger partial charge in [0.15, 0.2) is 12.1 Å². The highest BCUT2D eigenvalue weighted by atomic mass is 35.5. The molecule has 0 bridgehead atoms. The summed E-state index contributed by atoms with van der Waals surface area (Å²) < 4.78 is 31.2. The lowest BCUT2D eigenvalue weighted by Gasteiger charge is -2.32. The van der Waals surface area contributed by atoms with E-state index < -0.39 is 36.5 Å². The Hall–Kier alpha value is -1.13. The van der Waals surface area contributed by atoms with Crippen molar-refractivity contribution in [1.82, 2.24) is 4.90 Å². The number of nitrogens with zero attached hydrogens (tertiary/aromatic N) is 1. The standard InChI is InChI=1S/C29H45ClN2O6.ClH/c1-4-5-6-9-12-19-34-27-26-25(37-29(2,3)38-26)24(36-27)23(20-32-17-10-7-8-11-18-32)35-28(33)31-22-15-13-21(30)14-16-22;/h13-16,23-27H,4-12,17-20H2,1-3H3,(H,31,33);1H/t23?,24-,25+,26+,27+;/m1./s1. The van der Waals surface area contributed by atoms with E-state index in [-0.39, 0.29) is 18.5 Å². The number of carbonyl (C=O) groups is 1. The molecule has 0 saturated carbocycles. The van der Waals surface area contributed by atoms with E-state index >= 15 is 0 Å². The average Bonchev–Trinajstić information content (AvgIpc) is 3.22. The number of hydrogen-bond acceptors (Lipinski definition) is 7. The van der Waals surface area contributed by atoms with E-state index in [2.05, 4.69) is 17.1 Å². The summed E-state index contributed by atoms with van der Waals surface area (Å²) in [5.41, 5.74) is 0.615. The zero-order chi connectivity index (χ0) is 27.0. The van der Waals surface area contributed by atoms with Gasteiger partial charge in [0.25, 0.3) is 0 Å².